The Morgan fingerprint density at radius 1 is 1.29 bits per heavy atom. The standard InChI is InChI=1S/C13H11BrINO/c1-9-6-10(7-14)8-16-13(9)17-12-4-2-11(15)3-5-12/h2-6,8H,7H2,1H3. The van der Waals surface area contributed by atoms with Crippen molar-refractivity contribution >= 4 is 38.5 Å². The first-order valence-corrected chi connectivity index (χ1v) is 7.34. The molecular weight excluding hydrogens is 393 g/mol. The molecule has 0 atom stereocenters. The first kappa shape index (κ1) is 12.8. The number of hydrogen-bond acceptors (Lipinski definition) is 2. The molecule has 0 spiro atoms. The van der Waals surface area contributed by atoms with Crippen molar-refractivity contribution in [3.05, 3.63) is 51.2 Å². The Morgan fingerprint density at radius 2 is 2.00 bits per heavy atom. The van der Waals surface area contributed by atoms with Crippen LogP contribution in [-0.4, -0.2) is 4.98 Å². The van der Waals surface area contributed by atoms with Crippen molar-refractivity contribution in [1.29, 1.82) is 0 Å². The molecule has 88 valence electrons. The van der Waals surface area contributed by atoms with Gasteiger partial charge in [-0.2, -0.15) is 0 Å². The molecule has 4 heteroatoms. The lowest BCUT2D eigenvalue weighted by atomic mass is 10.2. The maximum atomic E-state index is 5.73. The molecule has 2 nitrogen and oxygen atoms in total. The first-order valence-electron chi connectivity index (χ1n) is 5.14. The van der Waals surface area contributed by atoms with Gasteiger partial charge in [-0.1, -0.05) is 15.9 Å². The maximum Gasteiger partial charge on any atom is 0.222 e. The second-order valence-electron chi connectivity index (χ2n) is 3.66. The Bertz CT molecular complexity index is 513. The van der Waals surface area contributed by atoms with Crippen LogP contribution in [0.5, 0.6) is 11.6 Å². The molecule has 0 radical (unpaired) electrons. The Hall–Kier alpha value is -0.620. The molecule has 0 saturated carbocycles. The van der Waals surface area contributed by atoms with E-state index in [1.54, 1.807) is 0 Å². The monoisotopic (exact) mass is 403 g/mol. The largest absolute Gasteiger partial charge is 0.439 e. The number of halogens is 2. The fraction of sp³-hybridized carbons (Fsp3) is 0.154. The number of benzene rings is 1. The highest BCUT2D eigenvalue weighted by Crippen LogP contribution is 2.24. The van der Waals surface area contributed by atoms with Gasteiger partial charge in [0.05, 0.1) is 0 Å². The van der Waals surface area contributed by atoms with Gasteiger partial charge in [-0.15, -0.1) is 0 Å². The van der Waals surface area contributed by atoms with Crippen LogP contribution in [-0.2, 0) is 5.33 Å². The number of aryl methyl sites for hydroxylation is 1. The Balaban J connectivity index is 2.21. The lowest BCUT2D eigenvalue weighted by Crippen LogP contribution is -1.93. The second-order valence-corrected chi connectivity index (χ2v) is 5.46. The number of alkyl halides is 1. The van der Waals surface area contributed by atoms with Gasteiger partial charge in [0.15, 0.2) is 0 Å². The minimum Gasteiger partial charge on any atom is -0.439 e. The van der Waals surface area contributed by atoms with E-state index in [1.165, 1.54) is 3.57 Å². The van der Waals surface area contributed by atoms with Gasteiger partial charge in [0.25, 0.3) is 0 Å². The molecular formula is C13H11BrINO. The van der Waals surface area contributed by atoms with Gasteiger partial charge >= 0.3 is 0 Å². The van der Waals surface area contributed by atoms with Crippen molar-refractivity contribution in [2.45, 2.75) is 12.3 Å². The summed E-state index contributed by atoms with van der Waals surface area (Å²) in [5, 5.41) is 0.810. The van der Waals surface area contributed by atoms with Crippen LogP contribution in [0.2, 0.25) is 0 Å². The molecule has 1 aromatic carbocycles. The predicted octanol–water partition coefficient (Wildman–Crippen LogP) is 4.68. The molecule has 0 aliphatic rings. The molecule has 17 heavy (non-hydrogen) atoms. The molecule has 0 unspecified atom stereocenters. The lowest BCUT2D eigenvalue weighted by molar-refractivity contribution is 0.458. The predicted molar refractivity (Wildman–Crippen MR) is 80.8 cm³/mol. The summed E-state index contributed by atoms with van der Waals surface area (Å²) >= 11 is 5.68. The van der Waals surface area contributed by atoms with Crippen LogP contribution in [0, 0.1) is 10.5 Å². The third-order valence-electron chi connectivity index (χ3n) is 2.27. The van der Waals surface area contributed by atoms with Crippen LogP contribution in [0.25, 0.3) is 0 Å². The van der Waals surface area contributed by atoms with Gasteiger partial charge in [-0.3, -0.25) is 0 Å². The highest BCUT2D eigenvalue weighted by molar-refractivity contribution is 14.1. The van der Waals surface area contributed by atoms with Gasteiger partial charge in [-0.05, 0) is 65.4 Å². The lowest BCUT2D eigenvalue weighted by Gasteiger charge is -2.08. The third kappa shape index (κ3) is 3.42. The minimum atomic E-state index is 0.663. The highest BCUT2D eigenvalue weighted by atomic mass is 127. The number of hydrogen-bond donors (Lipinski definition) is 0. The Morgan fingerprint density at radius 3 is 2.59 bits per heavy atom. The van der Waals surface area contributed by atoms with Crippen molar-refractivity contribution in [1.82, 2.24) is 4.98 Å². The molecule has 0 aliphatic heterocycles. The van der Waals surface area contributed by atoms with Crippen LogP contribution >= 0.6 is 38.5 Å². The Kier molecular flexibility index (Phi) is 4.39. The van der Waals surface area contributed by atoms with Crippen molar-refractivity contribution in [3.8, 4) is 11.6 Å². The average Bonchev–Trinajstić information content (AvgIpc) is 2.34. The van der Waals surface area contributed by atoms with Crippen molar-refractivity contribution in [3.63, 3.8) is 0 Å². The molecule has 0 amide bonds. The van der Waals surface area contributed by atoms with E-state index in [1.807, 2.05) is 37.4 Å². The summed E-state index contributed by atoms with van der Waals surface area (Å²) in [6, 6.07) is 9.99. The summed E-state index contributed by atoms with van der Waals surface area (Å²) in [5.41, 5.74) is 2.19. The normalized spacial score (nSPS) is 10.3. The van der Waals surface area contributed by atoms with E-state index in [-0.39, 0.29) is 0 Å². The number of rotatable bonds is 3. The molecule has 0 N–H and O–H groups in total. The zero-order valence-corrected chi connectivity index (χ0v) is 13.0. The van der Waals surface area contributed by atoms with Crippen LogP contribution in [0.4, 0.5) is 0 Å². The smallest absolute Gasteiger partial charge is 0.222 e. The molecule has 1 heterocycles. The topological polar surface area (TPSA) is 22.1 Å². The Labute approximate surface area is 123 Å². The third-order valence-corrected chi connectivity index (χ3v) is 3.64. The van der Waals surface area contributed by atoms with E-state index < -0.39 is 0 Å². The van der Waals surface area contributed by atoms with Crippen molar-refractivity contribution in [2.75, 3.05) is 0 Å². The SMILES string of the molecule is Cc1cc(CBr)cnc1Oc1ccc(I)cc1. The van der Waals surface area contributed by atoms with E-state index in [0.29, 0.717) is 5.88 Å². The van der Waals surface area contributed by atoms with Crippen LogP contribution < -0.4 is 4.74 Å². The second kappa shape index (κ2) is 5.82. The minimum absolute atomic E-state index is 0.663. The van der Waals surface area contributed by atoms with Gasteiger partial charge in [0.1, 0.15) is 5.75 Å². The van der Waals surface area contributed by atoms with E-state index in [2.05, 4.69) is 49.6 Å². The van der Waals surface area contributed by atoms with E-state index in [9.17, 15) is 0 Å². The van der Waals surface area contributed by atoms with E-state index in [0.717, 1.165) is 22.2 Å². The van der Waals surface area contributed by atoms with Crippen LogP contribution in [0.15, 0.2) is 36.5 Å². The summed E-state index contributed by atoms with van der Waals surface area (Å²) in [5.74, 6) is 1.48. The molecule has 0 aliphatic carbocycles. The zero-order chi connectivity index (χ0) is 12.3. The van der Waals surface area contributed by atoms with Crippen molar-refractivity contribution < 1.29 is 4.74 Å². The summed E-state index contributed by atoms with van der Waals surface area (Å²) < 4.78 is 6.92. The van der Waals surface area contributed by atoms with E-state index in [4.69, 9.17) is 4.74 Å². The fourth-order valence-electron chi connectivity index (χ4n) is 1.41. The molecule has 2 rings (SSSR count). The van der Waals surface area contributed by atoms with Gasteiger partial charge in [0.2, 0.25) is 5.88 Å². The van der Waals surface area contributed by atoms with E-state index >= 15 is 0 Å². The van der Waals surface area contributed by atoms with Crippen LogP contribution in [0.3, 0.4) is 0 Å². The van der Waals surface area contributed by atoms with Crippen molar-refractivity contribution in [2.24, 2.45) is 0 Å². The highest BCUT2D eigenvalue weighted by Gasteiger charge is 2.04. The summed E-state index contributed by atoms with van der Waals surface area (Å²) in [6.45, 7) is 2.00. The molecule has 0 bridgehead atoms. The maximum absolute atomic E-state index is 5.73. The van der Waals surface area contributed by atoms with Gasteiger partial charge in [0, 0.05) is 20.7 Å². The first-order chi connectivity index (χ1) is 8.19. The summed E-state index contributed by atoms with van der Waals surface area (Å²) in [4.78, 5) is 4.31. The average molecular weight is 404 g/mol. The molecule has 0 saturated heterocycles. The van der Waals surface area contributed by atoms with Gasteiger partial charge < -0.3 is 4.74 Å². The number of aromatic nitrogens is 1. The number of ether oxygens (including phenoxy) is 1. The fourth-order valence-corrected chi connectivity index (χ4v) is 2.08. The zero-order valence-electron chi connectivity index (χ0n) is 9.28. The quantitative estimate of drug-likeness (QED) is 0.548. The number of nitrogens with zero attached hydrogens (tertiary/aromatic N) is 1. The summed E-state index contributed by atoms with van der Waals surface area (Å²) in [6.07, 6.45) is 1.82. The van der Waals surface area contributed by atoms with Gasteiger partial charge in [-0.25, -0.2) is 4.98 Å². The summed E-state index contributed by atoms with van der Waals surface area (Å²) in [7, 11) is 0. The number of pyridine rings is 1. The molecule has 2 aromatic rings. The molecule has 0 fully saturated rings. The molecule has 1 aromatic heterocycles. The van der Waals surface area contributed by atoms with Crippen LogP contribution in [0.1, 0.15) is 11.1 Å².